The van der Waals surface area contributed by atoms with Crippen molar-refractivity contribution in [3.8, 4) is 0 Å². The number of aryl methyl sites for hydroxylation is 1. The van der Waals surface area contributed by atoms with E-state index in [1.807, 2.05) is 14.0 Å². The van der Waals surface area contributed by atoms with Gasteiger partial charge in [0.1, 0.15) is 0 Å². The van der Waals surface area contributed by atoms with E-state index in [-0.39, 0.29) is 0 Å². The summed E-state index contributed by atoms with van der Waals surface area (Å²) in [5.74, 6) is 0.914. The van der Waals surface area contributed by atoms with E-state index in [1.54, 1.807) is 6.20 Å². The molecule has 0 bridgehead atoms. The van der Waals surface area contributed by atoms with Crippen molar-refractivity contribution in [1.82, 2.24) is 10.5 Å². The second kappa shape index (κ2) is 2.64. The van der Waals surface area contributed by atoms with Crippen molar-refractivity contribution in [3.05, 3.63) is 17.5 Å². The molecule has 3 heteroatoms. The normalized spacial score (nSPS) is 10.0. The maximum Gasteiger partial charge on any atom is 0.153 e. The molecule has 0 saturated carbocycles. The number of hydrogen-bond donors (Lipinski definition) is 1. The molecule has 0 atom stereocenters. The molecule has 1 heterocycles. The van der Waals surface area contributed by atoms with Gasteiger partial charge in [0.25, 0.3) is 0 Å². The highest BCUT2D eigenvalue weighted by Crippen LogP contribution is 2.03. The maximum absolute atomic E-state index is 4.89. The monoisotopic (exact) mass is 126 g/mol. The van der Waals surface area contributed by atoms with Gasteiger partial charge in [-0.25, -0.2) is 0 Å². The molecule has 0 unspecified atom stereocenters. The summed E-state index contributed by atoms with van der Waals surface area (Å²) in [6.45, 7) is 2.73. The van der Waals surface area contributed by atoms with Crippen LogP contribution in [0.2, 0.25) is 0 Å². The van der Waals surface area contributed by atoms with Gasteiger partial charge < -0.3 is 9.84 Å². The SMILES string of the molecule is CNCc1oncc1C. The first-order chi connectivity index (χ1) is 4.34. The molecule has 1 aromatic rings. The van der Waals surface area contributed by atoms with E-state index in [1.165, 1.54) is 0 Å². The number of rotatable bonds is 2. The Morgan fingerprint density at radius 3 is 3.00 bits per heavy atom. The maximum atomic E-state index is 4.89. The lowest BCUT2D eigenvalue weighted by Gasteiger charge is -1.91. The third-order valence-electron chi connectivity index (χ3n) is 1.19. The summed E-state index contributed by atoms with van der Waals surface area (Å²) in [6.07, 6.45) is 1.71. The first-order valence-corrected chi connectivity index (χ1v) is 2.89. The fourth-order valence-electron chi connectivity index (χ4n) is 0.645. The van der Waals surface area contributed by atoms with Gasteiger partial charge in [-0.3, -0.25) is 0 Å². The average molecular weight is 126 g/mol. The number of nitrogens with zero attached hydrogens (tertiary/aromatic N) is 1. The summed E-state index contributed by atoms with van der Waals surface area (Å²) in [5.41, 5.74) is 1.10. The number of hydrogen-bond acceptors (Lipinski definition) is 3. The van der Waals surface area contributed by atoms with Crippen molar-refractivity contribution in [2.75, 3.05) is 7.05 Å². The zero-order valence-corrected chi connectivity index (χ0v) is 5.64. The minimum absolute atomic E-state index is 0.756. The van der Waals surface area contributed by atoms with E-state index in [2.05, 4.69) is 10.5 Å². The zero-order valence-electron chi connectivity index (χ0n) is 5.64. The van der Waals surface area contributed by atoms with Crippen LogP contribution in [0, 0.1) is 6.92 Å². The van der Waals surface area contributed by atoms with Crippen molar-refractivity contribution in [2.24, 2.45) is 0 Å². The topological polar surface area (TPSA) is 38.1 Å². The van der Waals surface area contributed by atoms with Crippen molar-refractivity contribution < 1.29 is 4.52 Å². The molecular formula is C6H10N2O. The van der Waals surface area contributed by atoms with Gasteiger partial charge in [0.15, 0.2) is 5.76 Å². The van der Waals surface area contributed by atoms with Gasteiger partial charge in [0.05, 0.1) is 12.7 Å². The highest BCUT2D eigenvalue weighted by molar-refractivity contribution is 5.09. The molecule has 0 fully saturated rings. The van der Waals surface area contributed by atoms with Crippen LogP contribution in [0.5, 0.6) is 0 Å². The Balaban J connectivity index is 2.69. The van der Waals surface area contributed by atoms with Gasteiger partial charge in [0.2, 0.25) is 0 Å². The minimum Gasteiger partial charge on any atom is -0.360 e. The lowest BCUT2D eigenvalue weighted by atomic mass is 10.3. The van der Waals surface area contributed by atoms with Gasteiger partial charge in [-0.1, -0.05) is 5.16 Å². The quantitative estimate of drug-likeness (QED) is 0.634. The molecule has 1 N–H and O–H groups in total. The molecule has 1 aromatic heterocycles. The van der Waals surface area contributed by atoms with Gasteiger partial charge in [-0.05, 0) is 14.0 Å². The lowest BCUT2D eigenvalue weighted by molar-refractivity contribution is 0.376. The Labute approximate surface area is 54.0 Å². The molecule has 0 radical (unpaired) electrons. The molecule has 0 aromatic carbocycles. The Morgan fingerprint density at radius 1 is 1.78 bits per heavy atom. The van der Waals surface area contributed by atoms with E-state index in [0.717, 1.165) is 17.9 Å². The van der Waals surface area contributed by atoms with E-state index in [0.29, 0.717) is 0 Å². The Hall–Kier alpha value is -0.830. The minimum atomic E-state index is 0.756. The van der Waals surface area contributed by atoms with Crippen LogP contribution in [0.25, 0.3) is 0 Å². The summed E-state index contributed by atoms with van der Waals surface area (Å²) in [5, 5.41) is 6.60. The average Bonchev–Trinajstić information content (AvgIpc) is 2.18. The van der Waals surface area contributed by atoms with Crippen molar-refractivity contribution in [1.29, 1.82) is 0 Å². The number of nitrogens with one attached hydrogen (secondary N) is 1. The second-order valence-electron chi connectivity index (χ2n) is 1.96. The fraction of sp³-hybridized carbons (Fsp3) is 0.500. The first kappa shape index (κ1) is 6.29. The predicted molar refractivity (Wildman–Crippen MR) is 34.0 cm³/mol. The Kier molecular flexibility index (Phi) is 1.85. The van der Waals surface area contributed by atoms with Crippen LogP contribution >= 0.6 is 0 Å². The molecule has 9 heavy (non-hydrogen) atoms. The van der Waals surface area contributed by atoms with E-state index in [9.17, 15) is 0 Å². The fourth-order valence-corrected chi connectivity index (χ4v) is 0.645. The van der Waals surface area contributed by atoms with Crippen LogP contribution in [0.1, 0.15) is 11.3 Å². The van der Waals surface area contributed by atoms with Crippen molar-refractivity contribution in [2.45, 2.75) is 13.5 Å². The summed E-state index contributed by atoms with van der Waals surface area (Å²) >= 11 is 0. The Morgan fingerprint density at radius 2 is 2.56 bits per heavy atom. The summed E-state index contributed by atoms with van der Waals surface area (Å²) in [7, 11) is 1.88. The second-order valence-corrected chi connectivity index (χ2v) is 1.96. The Bertz CT molecular complexity index is 183. The molecule has 50 valence electrons. The molecule has 0 aliphatic heterocycles. The summed E-state index contributed by atoms with van der Waals surface area (Å²) < 4.78 is 4.89. The summed E-state index contributed by atoms with van der Waals surface area (Å²) in [4.78, 5) is 0. The van der Waals surface area contributed by atoms with E-state index in [4.69, 9.17) is 4.52 Å². The molecule has 1 rings (SSSR count). The van der Waals surface area contributed by atoms with Crippen LogP contribution in [0.4, 0.5) is 0 Å². The van der Waals surface area contributed by atoms with Gasteiger partial charge in [-0.15, -0.1) is 0 Å². The highest BCUT2D eigenvalue weighted by atomic mass is 16.5. The highest BCUT2D eigenvalue weighted by Gasteiger charge is 1.99. The molecule has 0 saturated heterocycles. The summed E-state index contributed by atoms with van der Waals surface area (Å²) in [6, 6.07) is 0. The van der Waals surface area contributed by atoms with Crippen LogP contribution in [-0.2, 0) is 6.54 Å². The van der Waals surface area contributed by atoms with Crippen molar-refractivity contribution >= 4 is 0 Å². The van der Waals surface area contributed by atoms with Crippen LogP contribution in [-0.4, -0.2) is 12.2 Å². The lowest BCUT2D eigenvalue weighted by Crippen LogP contribution is -2.04. The molecule has 3 nitrogen and oxygen atoms in total. The number of aromatic nitrogens is 1. The van der Waals surface area contributed by atoms with Gasteiger partial charge in [0, 0.05) is 5.56 Å². The van der Waals surface area contributed by atoms with Gasteiger partial charge >= 0.3 is 0 Å². The first-order valence-electron chi connectivity index (χ1n) is 2.89. The smallest absolute Gasteiger partial charge is 0.153 e. The third kappa shape index (κ3) is 1.29. The molecule has 0 aliphatic carbocycles. The molecular weight excluding hydrogens is 116 g/mol. The van der Waals surface area contributed by atoms with Crippen LogP contribution in [0.3, 0.4) is 0 Å². The van der Waals surface area contributed by atoms with Crippen LogP contribution < -0.4 is 5.32 Å². The third-order valence-corrected chi connectivity index (χ3v) is 1.19. The standard InChI is InChI=1S/C6H10N2O/c1-5-3-8-9-6(5)4-7-2/h3,7H,4H2,1-2H3. The largest absolute Gasteiger partial charge is 0.360 e. The van der Waals surface area contributed by atoms with Gasteiger partial charge in [-0.2, -0.15) is 0 Å². The van der Waals surface area contributed by atoms with Crippen molar-refractivity contribution in [3.63, 3.8) is 0 Å². The zero-order chi connectivity index (χ0) is 6.69. The van der Waals surface area contributed by atoms with E-state index >= 15 is 0 Å². The predicted octanol–water partition coefficient (Wildman–Crippen LogP) is 0.702. The van der Waals surface area contributed by atoms with Crippen LogP contribution in [0.15, 0.2) is 10.7 Å². The molecule has 0 spiro atoms. The van der Waals surface area contributed by atoms with E-state index < -0.39 is 0 Å². The molecule has 0 aliphatic rings. The molecule has 0 amide bonds.